The van der Waals surface area contributed by atoms with Crippen LogP contribution in [0.15, 0.2) is 82.6 Å². The number of carbonyl (C=O) groups excluding carboxylic acids is 3. The van der Waals surface area contributed by atoms with Crippen molar-refractivity contribution < 1.29 is 40.7 Å². The van der Waals surface area contributed by atoms with Crippen molar-refractivity contribution in [1.29, 1.82) is 0 Å². The van der Waals surface area contributed by atoms with Crippen molar-refractivity contribution in [1.82, 2.24) is 4.31 Å². The lowest BCUT2D eigenvalue weighted by molar-refractivity contribution is -0.144. The second-order valence-corrected chi connectivity index (χ2v) is 15.0. The molecule has 3 atom stereocenters. The number of hydrogen-bond donors (Lipinski definition) is 0. The summed E-state index contributed by atoms with van der Waals surface area (Å²) in [5.74, 6) is -2.19. The summed E-state index contributed by atoms with van der Waals surface area (Å²) in [6.45, 7) is 4.61. The third-order valence-corrected chi connectivity index (χ3v) is 12.0. The monoisotopic (exact) mass is 660 g/mol. The number of benzene rings is 3. The lowest BCUT2D eigenvalue weighted by Gasteiger charge is -2.32. The molecular formula is C30H32N2O9S3. The largest absolute Gasteiger partial charge is 0.468 e. The minimum absolute atomic E-state index is 0.193. The van der Waals surface area contributed by atoms with Crippen LogP contribution in [0, 0.1) is 13.8 Å². The molecule has 0 radical (unpaired) electrons. The fraction of sp³-hybridized carbons (Fsp3) is 0.300. The van der Waals surface area contributed by atoms with Crippen molar-refractivity contribution in [3.63, 3.8) is 0 Å². The van der Waals surface area contributed by atoms with Gasteiger partial charge in [0.25, 0.3) is 10.0 Å². The molecule has 1 aliphatic rings. The molecule has 1 saturated heterocycles. The number of aryl methyl sites for hydroxylation is 2. The molecule has 0 spiro atoms. The Kier molecular flexibility index (Phi) is 9.59. The highest BCUT2D eigenvalue weighted by molar-refractivity contribution is 8.14. The Hall–Kier alpha value is -3.72. The van der Waals surface area contributed by atoms with Gasteiger partial charge >= 0.3 is 11.9 Å². The highest BCUT2D eigenvalue weighted by Gasteiger charge is 2.62. The van der Waals surface area contributed by atoms with Gasteiger partial charge in [-0.05, 0) is 50.6 Å². The van der Waals surface area contributed by atoms with Gasteiger partial charge in [-0.3, -0.25) is 4.79 Å². The molecule has 0 N–H and O–H groups in total. The molecule has 1 fully saturated rings. The molecule has 0 bridgehead atoms. The van der Waals surface area contributed by atoms with Gasteiger partial charge in [0, 0.05) is 17.9 Å². The van der Waals surface area contributed by atoms with E-state index in [-0.39, 0.29) is 17.1 Å². The molecule has 0 saturated carbocycles. The van der Waals surface area contributed by atoms with Gasteiger partial charge in [-0.2, -0.15) is 4.31 Å². The highest BCUT2D eigenvalue weighted by atomic mass is 32.2. The molecule has 11 nitrogen and oxygen atoms in total. The summed E-state index contributed by atoms with van der Waals surface area (Å²) in [5, 5.41) is -0.429. The Morgan fingerprint density at radius 2 is 1.52 bits per heavy atom. The van der Waals surface area contributed by atoms with E-state index in [4.69, 9.17) is 9.47 Å². The van der Waals surface area contributed by atoms with Crippen LogP contribution in [0.3, 0.4) is 0 Å². The number of methoxy groups -OCH3 is 2. The zero-order valence-electron chi connectivity index (χ0n) is 24.7. The Balaban J connectivity index is 1.91. The average Bonchev–Trinajstić information content (AvgIpc) is 3.72. The van der Waals surface area contributed by atoms with Crippen LogP contribution in [0.25, 0.3) is 0 Å². The number of nitrogens with zero attached hydrogens (tertiary/aromatic N) is 2. The Bertz CT molecular complexity index is 1790. The van der Waals surface area contributed by atoms with Crippen LogP contribution in [0.1, 0.15) is 28.4 Å². The maximum absolute atomic E-state index is 14.4. The molecule has 3 aromatic rings. The summed E-state index contributed by atoms with van der Waals surface area (Å²) in [6.07, 6.45) is 0. The van der Waals surface area contributed by atoms with Gasteiger partial charge in [-0.1, -0.05) is 65.9 Å². The van der Waals surface area contributed by atoms with Crippen molar-refractivity contribution in [3.8, 4) is 0 Å². The van der Waals surface area contributed by atoms with Crippen LogP contribution in [0.4, 0.5) is 5.69 Å². The number of rotatable bonds is 11. The first-order valence-corrected chi connectivity index (χ1v) is 17.2. The van der Waals surface area contributed by atoms with Crippen LogP contribution in [-0.4, -0.2) is 76.3 Å². The Morgan fingerprint density at radius 3 is 2.11 bits per heavy atom. The molecule has 4 rings (SSSR count). The van der Waals surface area contributed by atoms with E-state index in [0.29, 0.717) is 27.2 Å². The van der Waals surface area contributed by atoms with Gasteiger partial charge < -0.3 is 9.47 Å². The Morgan fingerprint density at radius 1 is 0.909 bits per heavy atom. The van der Waals surface area contributed by atoms with Gasteiger partial charge in [0.1, 0.15) is 10.4 Å². The van der Waals surface area contributed by atoms with Crippen LogP contribution >= 0.6 is 11.8 Å². The van der Waals surface area contributed by atoms with Gasteiger partial charge in [-0.25, -0.2) is 30.7 Å². The van der Waals surface area contributed by atoms with Crippen molar-refractivity contribution in [2.45, 2.75) is 42.1 Å². The van der Waals surface area contributed by atoms with Crippen molar-refractivity contribution >= 4 is 54.5 Å². The molecule has 0 aliphatic carbocycles. The fourth-order valence-corrected chi connectivity index (χ4v) is 9.17. The number of thioether (sulfide) groups is 1. The van der Waals surface area contributed by atoms with E-state index in [1.54, 1.807) is 56.3 Å². The molecule has 0 amide bonds. The predicted octanol–water partition coefficient (Wildman–Crippen LogP) is 3.55. The number of sulfonamides is 2. The highest BCUT2D eigenvalue weighted by Crippen LogP contribution is 2.43. The molecule has 0 aromatic heterocycles. The first-order valence-electron chi connectivity index (χ1n) is 13.3. The second kappa shape index (κ2) is 12.7. The van der Waals surface area contributed by atoms with Gasteiger partial charge in [0.15, 0.2) is 6.04 Å². The number of carbonyl (C=O) groups is 3. The molecule has 3 aromatic carbocycles. The second-order valence-electron chi connectivity index (χ2n) is 10.4. The molecular weight excluding hydrogens is 629 g/mol. The predicted molar refractivity (Wildman–Crippen MR) is 165 cm³/mol. The van der Waals surface area contributed by atoms with E-state index in [0.717, 1.165) is 24.1 Å². The molecule has 234 valence electrons. The van der Waals surface area contributed by atoms with E-state index >= 15 is 0 Å². The van der Waals surface area contributed by atoms with Crippen molar-refractivity contribution in [2.24, 2.45) is 0 Å². The summed E-state index contributed by atoms with van der Waals surface area (Å²) < 4.78 is 68.3. The van der Waals surface area contributed by atoms with E-state index in [1.165, 1.54) is 37.3 Å². The Labute approximate surface area is 261 Å². The summed E-state index contributed by atoms with van der Waals surface area (Å²) >= 11 is 0.694. The van der Waals surface area contributed by atoms with Gasteiger partial charge in [0.2, 0.25) is 15.1 Å². The molecule has 1 aliphatic heterocycles. The van der Waals surface area contributed by atoms with Crippen molar-refractivity contribution in [3.05, 3.63) is 89.5 Å². The first-order chi connectivity index (χ1) is 20.7. The smallest absolute Gasteiger partial charge is 0.330 e. The van der Waals surface area contributed by atoms with E-state index < -0.39 is 59.3 Å². The maximum Gasteiger partial charge on any atom is 0.330 e. The van der Waals surface area contributed by atoms with Gasteiger partial charge in [0.05, 0.1) is 24.8 Å². The minimum Gasteiger partial charge on any atom is -0.468 e. The fourth-order valence-electron chi connectivity index (χ4n) is 4.59. The zero-order chi connectivity index (χ0) is 32.4. The molecule has 1 heterocycles. The van der Waals surface area contributed by atoms with Crippen LogP contribution < -0.4 is 4.31 Å². The molecule has 3 unspecified atom stereocenters. The zero-order valence-corrected chi connectivity index (χ0v) is 27.2. The van der Waals surface area contributed by atoms with Crippen LogP contribution in [-0.2, 0) is 39.1 Å². The van der Waals surface area contributed by atoms with Crippen LogP contribution in [0.5, 0.6) is 0 Å². The minimum atomic E-state index is -4.66. The standard InChI is InChI=1S/C30H32N2O9S3/c1-20-11-14-23(15-12-20)43(36,37)32(25(27(33)40-4)18-42-28(34)22-9-7-6-8-10-22)24-17-21(2)13-16-26(24)44(38,39)31-19-30(31,3)29(35)41-5/h6-17,25H,18-19H2,1-5H3. The van der Waals surface area contributed by atoms with Crippen LogP contribution in [0.2, 0.25) is 0 Å². The maximum atomic E-state index is 14.4. The third-order valence-electron chi connectivity index (χ3n) is 7.16. The van der Waals surface area contributed by atoms with Gasteiger partial charge in [-0.15, -0.1) is 0 Å². The quantitative estimate of drug-likeness (QED) is 0.221. The average molecular weight is 661 g/mol. The first kappa shape index (κ1) is 33.2. The molecule has 44 heavy (non-hydrogen) atoms. The normalized spacial score (nSPS) is 18.6. The molecule has 14 heteroatoms. The summed E-state index contributed by atoms with van der Waals surface area (Å²) in [6, 6.07) is 16.4. The number of anilines is 1. The summed E-state index contributed by atoms with van der Waals surface area (Å²) in [7, 11) is -6.96. The lowest BCUT2D eigenvalue weighted by Crippen LogP contribution is -2.48. The number of hydrogen-bond acceptors (Lipinski definition) is 10. The van der Waals surface area contributed by atoms with Crippen molar-refractivity contribution in [2.75, 3.05) is 30.8 Å². The summed E-state index contributed by atoms with van der Waals surface area (Å²) in [5.41, 5.74) is -0.243. The topological polar surface area (TPSA) is 144 Å². The van der Waals surface area contributed by atoms with E-state index in [1.807, 2.05) is 0 Å². The SMILES string of the molecule is COC(=O)C(CSC(=O)c1ccccc1)N(c1cc(C)ccc1S(=O)(=O)N1CC1(C)C(=O)OC)S(=O)(=O)c1ccc(C)cc1. The van der Waals surface area contributed by atoms with E-state index in [2.05, 4.69) is 0 Å². The van der Waals surface area contributed by atoms with E-state index in [9.17, 15) is 31.2 Å². The number of ether oxygens (including phenoxy) is 2. The third kappa shape index (κ3) is 6.39. The number of esters is 2. The lowest BCUT2D eigenvalue weighted by atomic mass is 10.2. The summed E-state index contributed by atoms with van der Waals surface area (Å²) in [4.78, 5) is 38.1.